The predicted octanol–water partition coefficient (Wildman–Crippen LogP) is 1.77. The molecular weight excluding hydrogens is 253 g/mol. The van der Waals surface area contributed by atoms with Crippen molar-refractivity contribution in [2.24, 2.45) is 0 Å². The molecule has 0 radical (unpaired) electrons. The number of thioether (sulfide) groups is 1. The Morgan fingerprint density at radius 1 is 1.39 bits per heavy atom. The van der Waals surface area contributed by atoms with Gasteiger partial charge in [-0.1, -0.05) is 13.8 Å². The first-order valence-corrected chi connectivity index (χ1v) is 6.95. The van der Waals surface area contributed by atoms with Gasteiger partial charge < -0.3 is 15.5 Å². The molecule has 0 saturated heterocycles. The molecule has 0 fully saturated rings. The van der Waals surface area contributed by atoms with Crippen LogP contribution in [0.5, 0.6) is 0 Å². The van der Waals surface area contributed by atoms with E-state index in [9.17, 15) is 9.50 Å². The molecule has 0 aliphatic rings. The van der Waals surface area contributed by atoms with Gasteiger partial charge in [-0.15, -0.1) is 11.8 Å². The molecule has 0 spiro atoms. The molecule has 0 saturated carbocycles. The molecule has 0 aromatic heterocycles. The third-order valence-electron chi connectivity index (χ3n) is 2.37. The Labute approximate surface area is 111 Å². The summed E-state index contributed by atoms with van der Waals surface area (Å²) in [6.45, 7) is 4.39. The quantitative estimate of drug-likeness (QED) is 0.663. The van der Waals surface area contributed by atoms with Crippen molar-refractivity contribution in [2.75, 3.05) is 12.4 Å². The molecular formula is C13H20FNO2S. The molecule has 0 aliphatic carbocycles. The highest BCUT2D eigenvalue weighted by atomic mass is 32.2. The van der Waals surface area contributed by atoms with E-state index in [0.29, 0.717) is 18.3 Å². The van der Waals surface area contributed by atoms with Crippen molar-refractivity contribution in [1.29, 1.82) is 0 Å². The first-order valence-electron chi connectivity index (χ1n) is 5.96. The lowest BCUT2D eigenvalue weighted by Gasteiger charge is -2.13. The molecule has 5 heteroatoms. The zero-order valence-electron chi connectivity index (χ0n) is 10.7. The van der Waals surface area contributed by atoms with E-state index >= 15 is 0 Å². The van der Waals surface area contributed by atoms with Gasteiger partial charge in [0.05, 0.1) is 12.7 Å². The van der Waals surface area contributed by atoms with E-state index in [0.717, 1.165) is 10.5 Å². The summed E-state index contributed by atoms with van der Waals surface area (Å²) in [4.78, 5) is 0.928. The Morgan fingerprint density at radius 3 is 2.72 bits per heavy atom. The summed E-state index contributed by atoms with van der Waals surface area (Å²) in [5.41, 5.74) is 0.874. The molecule has 0 bridgehead atoms. The van der Waals surface area contributed by atoms with E-state index in [4.69, 9.17) is 5.11 Å². The number of rotatable bonds is 7. The summed E-state index contributed by atoms with van der Waals surface area (Å²) in [6.07, 6.45) is -0.744. The Bertz CT molecular complexity index is 374. The fourth-order valence-electron chi connectivity index (χ4n) is 1.38. The number of aliphatic hydroxyl groups is 2. The average molecular weight is 273 g/mol. The van der Waals surface area contributed by atoms with Crippen LogP contribution in [-0.2, 0) is 6.54 Å². The monoisotopic (exact) mass is 273 g/mol. The number of hydrogen-bond donors (Lipinski definition) is 3. The van der Waals surface area contributed by atoms with Crippen LogP contribution in [0, 0.1) is 5.82 Å². The third-order valence-corrected chi connectivity index (χ3v) is 3.63. The fourth-order valence-corrected chi connectivity index (χ4v) is 2.34. The largest absolute Gasteiger partial charge is 0.394 e. The van der Waals surface area contributed by atoms with Gasteiger partial charge in [-0.25, -0.2) is 4.39 Å². The standard InChI is InChI=1S/C13H20FNO2S/c1-9(2)15-6-10-5-11(14)3-4-13(10)18-8-12(17)7-16/h3-5,9,12,15-17H,6-8H2,1-2H3. The summed E-state index contributed by atoms with van der Waals surface area (Å²) in [7, 11) is 0. The van der Waals surface area contributed by atoms with Gasteiger partial charge in [-0.05, 0) is 23.8 Å². The van der Waals surface area contributed by atoms with Crippen LogP contribution in [0.3, 0.4) is 0 Å². The summed E-state index contributed by atoms with van der Waals surface area (Å²) < 4.78 is 13.2. The zero-order chi connectivity index (χ0) is 13.5. The lowest BCUT2D eigenvalue weighted by atomic mass is 10.2. The van der Waals surface area contributed by atoms with E-state index < -0.39 is 6.10 Å². The normalized spacial score (nSPS) is 13.0. The molecule has 1 rings (SSSR count). The number of aliphatic hydroxyl groups excluding tert-OH is 2. The SMILES string of the molecule is CC(C)NCc1cc(F)ccc1SCC(O)CO. The van der Waals surface area contributed by atoms with E-state index in [1.165, 1.54) is 23.9 Å². The van der Waals surface area contributed by atoms with Crippen molar-refractivity contribution in [1.82, 2.24) is 5.32 Å². The van der Waals surface area contributed by atoms with Gasteiger partial charge in [0.2, 0.25) is 0 Å². The van der Waals surface area contributed by atoms with Crippen LogP contribution < -0.4 is 5.32 Å². The topological polar surface area (TPSA) is 52.5 Å². The van der Waals surface area contributed by atoms with Crippen LogP contribution in [0.1, 0.15) is 19.4 Å². The van der Waals surface area contributed by atoms with Gasteiger partial charge in [0.15, 0.2) is 0 Å². The van der Waals surface area contributed by atoms with Gasteiger partial charge in [0.25, 0.3) is 0 Å². The Balaban J connectivity index is 2.69. The maximum atomic E-state index is 13.2. The molecule has 0 amide bonds. The van der Waals surface area contributed by atoms with Crippen molar-refractivity contribution < 1.29 is 14.6 Å². The van der Waals surface area contributed by atoms with Gasteiger partial charge in [0, 0.05) is 23.2 Å². The second-order valence-electron chi connectivity index (χ2n) is 4.44. The van der Waals surface area contributed by atoms with Crippen molar-refractivity contribution >= 4 is 11.8 Å². The Kier molecular flexibility index (Phi) is 6.63. The summed E-state index contributed by atoms with van der Waals surface area (Å²) >= 11 is 1.42. The second-order valence-corrected chi connectivity index (χ2v) is 5.50. The van der Waals surface area contributed by atoms with Crippen molar-refractivity contribution in [3.8, 4) is 0 Å². The highest BCUT2D eigenvalue weighted by Gasteiger charge is 2.08. The van der Waals surface area contributed by atoms with Gasteiger partial charge >= 0.3 is 0 Å². The van der Waals surface area contributed by atoms with Gasteiger partial charge in [-0.3, -0.25) is 0 Å². The van der Waals surface area contributed by atoms with Crippen LogP contribution in [0.4, 0.5) is 4.39 Å². The van der Waals surface area contributed by atoms with Crippen LogP contribution in [0.25, 0.3) is 0 Å². The fraction of sp³-hybridized carbons (Fsp3) is 0.538. The van der Waals surface area contributed by atoms with E-state index in [1.54, 1.807) is 6.07 Å². The molecule has 102 valence electrons. The average Bonchev–Trinajstić information content (AvgIpc) is 2.34. The zero-order valence-corrected chi connectivity index (χ0v) is 11.5. The number of benzene rings is 1. The smallest absolute Gasteiger partial charge is 0.123 e. The second kappa shape index (κ2) is 7.74. The summed E-state index contributed by atoms with van der Waals surface area (Å²) in [5, 5.41) is 21.3. The lowest BCUT2D eigenvalue weighted by molar-refractivity contribution is 0.113. The maximum absolute atomic E-state index is 13.2. The van der Waals surface area contributed by atoms with Crippen molar-refractivity contribution in [3.63, 3.8) is 0 Å². The Morgan fingerprint density at radius 2 is 2.11 bits per heavy atom. The van der Waals surface area contributed by atoms with Crippen LogP contribution >= 0.6 is 11.8 Å². The highest BCUT2D eigenvalue weighted by Crippen LogP contribution is 2.24. The molecule has 1 unspecified atom stereocenters. The Hall–Kier alpha value is -0.620. The highest BCUT2D eigenvalue weighted by molar-refractivity contribution is 7.99. The molecule has 18 heavy (non-hydrogen) atoms. The molecule has 0 aliphatic heterocycles. The minimum absolute atomic E-state index is 0.256. The third kappa shape index (κ3) is 5.35. The van der Waals surface area contributed by atoms with Crippen LogP contribution in [0.2, 0.25) is 0 Å². The minimum atomic E-state index is -0.744. The van der Waals surface area contributed by atoms with Gasteiger partial charge in [0.1, 0.15) is 5.82 Å². The molecule has 1 aromatic carbocycles. The maximum Gasteiger partial charge on any atom is 0.123 e. The van der Waals surface area contributed by atoms with E-state index in [-0.39, 0.29) is 12.4 Å². The lowest BCUT2D eigenvalue weighted by Crippen LogP contribution is -2.22. The van der Waals surface area contributed by atoms with Gasteiger partial charge in [-0.2, -0.15) is 0 Å². The van der Waals surface area contributed by atoms with E-state index in [2.05, 4.69) is 5.32 Å². The van der Waals surface area contributed by atoms with Crippen LogP contribution in [0.15, 0.2) is 23.1 Å². The van der Waals surface area contributed by atoms with Crippen LogP contribution in [-0.4, -0.2) is 34.7 Å². The number of nitrogens with one attached hydrogen (secondary N) is 1. The number of halogens is 1. The molecule has 1 aromatic rings. The predicted molar refractivity (Wildman–Crippen MR) is 72.2 cm³/mol. The molecule has 0 heterocycles. The van der Waals surface area contributed by atoms with Crippen molar-refractivity contribution in [3.05, 3.63) is 29.6 Å². The van der Waals surface area contributed by atoms with Crippen molar-refractivity contribution in [2.45, 2.75) is 37.4 Å². The molecule has 3 nitrogen and oxygen atoms in total. The summed E-state index contributed by atoms with van der Waals surface area (Å²) in [6, 6.07) is 4.95. The molecule has 3 N–H and O–H groups in total. The first kappa shape index (κ1) is 15.4. The number of hydrogen-bond acceptors (Lipinski definition) is 4. The molecule has 1 atom stereocenters. The minimum Gasteiger partial charge on any atom is -0.394 e. The van der Waals surface area contributed by atoms with E-state index in [1.807, 2.05) is 13.8 Å². The first-order chi connectivity index (χ1) is 8.52. The summed E-state index contributed by atoms with van der Waals surface area (Å²) in [5.74, 6) is 0.138.